The summed E-state index contributed by atoms with van der Waals surface area (Å²) in [5, 5.41) is 8.59. The van der Waals surface area contributed by atoms with E-state index in [0.717, 1.165) is 51.5 Å². The van der Waals surface area contributed by atoms with Gasteiger partial charge in [0.05, 0.1) is 28.1 Å². The molecule has 1 aliphatic rings. The Morgan fingerprint density at radius 2 is 1.53 bits per heavy atom. The molecule has 174 valence electrons. The van der Waals surface area contributed by atoms with Crippen molar-refractivity contribution in [3.05, 3.63) is 120 Å². The van der Waals surface area contributed by atoms with E-state index >= 15 is 0 Å². The average Bonchev–Trinajstić information content (AvgIpc) is 3.64. The normalized spacial score (nSPS) is 15.6. The van der Waals surface area contributed by atoms with Gasteiger partial charge in [-0.05, 0) is 48.9 Å². The molecule has 2 N–H and O–H groups in total. The third kappa shape index (κ3) is 3.40. The van der Waals surface area contributed by atoms with Crippen LogP contribution in [-0.4, -0.2) is 20.7 Å². The molecule has 5 nitrogen and oxygen atoms in total. The molecule has 4 aromatic carbocycles. The van der Waals surface area contributed by atoms with Crippen LogP contribution < -0.4 is 5.01 Å². The fraction of sp³-hybridized carbons (Fsp3) is 0.0968. The van der Waals surface area contributed by atoms with E-state index in [4.69, 9.17) is 10.1 Å². The molecule has 0 fully saturated rings. The van der Waals surface area contributed by atoms with Crippen LogP contribution in [0, 0.1) is 6.92 Å². The molecule has 0 saturated heterocycles. The quantitative estimate of drug-likeness (QED) is 0.284. The molecular formula is C31H25N5. The lowest BCUT2D eigenvalue weighted by Gasteiger charge is -2.21. The van der Waals surface area contributed by atoms with Crippen LogP contribution in [0.15, 0.2) is 108 Å². The summed E-state index contributed by atoms with van der Waals surface area (Å²) >= 11 is 0. The first-order valence-corrected chi connectivity index (χ1v) is 12.3. The minimum absolute atomic E-state index is 0.0341. The van der Waals surface area contributed by atoms with Crippen molar-refractivity contribution in [3.63, 3.8) is 0 Å². The van der Waals surface area contributed by atoms with Crippen molar-refractivity contribution in [1.82, 2.24) is 15.0 Å². The van der Waals surface area contributed by atoms with Crippen molar-refractivity contribution < 1.29 is 0 Å². The van der Waals surface area contributed by atoms with Crippen LogP contribution in [0.5, 0.6) is 0 Å². The van der Waals surface area contributed by atoms with Crippen molar-refractivity contribution in [2.75, 3.05) is 5.01 Å². The molecule has 36 heavy (non-hydrogen) atoms. The molecule has 1 aliphatic heterocycles. The van der Waals surface area contributed by atoms with Crippen molar-refractivity contribution in [2.45, 2.75) is 19.4 Å². The maximum absolute atomic E-state index is 5.26. The van der Waals surface area contributed by atoms with Gasteiger partial charge < -0.3 is 9.97 Å². The zero-order valence-corrected chi connectivity index (χ0v) is 19.9. The lowest BCUT2D eigenvalue weighted by atomic mass is 9.97. The SMILES string of the molecule is Cc1ccc2[nH]c(-c3ccccc3)c(C3=NN(c4ccccc4)C(c4nc5ccccc5[nH]4)C3)c2c1. The number of nitrogens with zero attached hydrogens (tertiary/aromatic N) is 3. The lowest BCUT2D eigenvalue weighted by Crippen LogP contribution is -2.19. The van der Waals surface area contributed by atoms with Gasteiger partial charge in [0.15, 0.2) is 0 Å². The zero-order chi connectivity index (χ0) is 24.1. The molecule has 0 amide bonds. The molecule has 0 aliphatic carbocycles. The zero-order valence-electron chi connectivity index (χ0n) is 19.9. The number of para-hydroxylation sites is 3. The minimum Gasteiger partial charge on any atom is -0.354 e. The number of H-pyrrole nitrogens is 2. The van der Waals surface area contributed by atoms with Crippen LogP contribution in [-0.2, 0) is 0 Å². The number of hydrogen-bond acceptors (Lipinski definition) is 3. The largest absolute Gasteiger partial charge is 0.354 e. The van der Waals surface area contributed by atoms with Crippen LogP contribution in [0.2, 0.25) is 0 Å². The van der Waals surface area contributed by atoms with Gasteiger partial charge in [-0.25, -0.2) is 4.98 Å². The fourth-order valence-corrected chi connectivity index (χ4v) is 5.25. The van der Waals surface area contributed by atoms with Crippen LogP contribution >= 0.6 is 0 Å². The summed E-state index contributed by atoms with van der Waals surface area (Å²) in [6, 6.07) is 35.6. The third-order valence-corrected chi connectivity index (χ3v) is 6.96. The molecule has 5 heteroatoms. The number of fused-ring (bicyclic) bond motifs is 2. The van der Waals surface area contributed by atoms with Gasteiger partial charge in [0.25, 0.3) is 0 Å². The fourth-order valence-electron chi connectivity index (χ4n) is 5.25. The van der Waals surface area contributed by atoms with Gasteiger partial charge in [-0.3, -0.25) is 5.01 Å². The number of hydrazone groups is 1. The van der Waals surface area contributed by atoms with Crippen molar-refractivity contribution in [3.8, 4) is 11.3 Å². The second-order valence-electron chi connectivity index (χ2n) is 9.38. The van der Waals surface area contributed by atoms with Crippen LogP contribution in [0.3, 0.4) is 0 Å². The summed E-state index contributed by atoms with van der Waals surface area (Å²) in [5.41, 5.74) is 9.90. The maximum Gasteiger partial charge on any atom is 0.132 e. The molecule has 1 unspecified atom stereocenters. The van der Waals surface area contributed by atoms with Crippen LogP contribution in [0.25, 0.3) is 33.2 Å². The predicted molar refractivity (Wildman–Crippen MR) is 147 cm³/mol. The highest BCUT2D eigenvalue weighted by atomic mass is 15.5. The van der Waals surface area contributed by atoms with Gasteiger partial charge in [0.2, 0.25) is 0 Å². The van der Waals surface area contributed by atoms with E-state index in [1.807, 2.05) is 18.2 Å². The van der Waals surface area contributed by atoms with E-state index in [1.54, 1.807) is 0 Å². The van der Waals surface area contributed by atoms with E-state index in [2.05, 4.69) is 107 Å². The Labute approximate surface area is 209 Å². The minimum atomic E-state index is -0.0341. The molecule has 3 heterocycles. The van der Waals surface area contributed by atoms with Crippen LogP contribution in [0.1, 0.15) is 29.4 Å². The topological polar surface area (TPSA) is 60.1 Å². The number of hydrogen-bond donors (Lipinski definition) is 2. The molecule has 6 aromatic rings. The van der Waals surface area contributed by atoms with Gasteiger partial charge in [-0.1, -0.05) is 72.3 Å². The number of aromatic nitrogens is 3. The Morgan fingerprint density at radius 3 is 2.33 bits per heavy atom. The summed E-state index contributed by atoms with van der Waals surface area (Å²) in [7, 11) is 0. The summed E-state index contributed by atoms with van der Waals surface area (Å²) < 4.78 is 0. The summed E-state index contributed by atoms with van der Waals surface area (Å²) in [5.74, 6) is 0.927. The van der Waals surface area contributed by atoms with E-state index < -0.39 is 0 Å². The first-order chi connectivity index (χ1) is 17.7. The van der Waals surface area contributed by atoms with E-state index in [-0.39, 0.29) is 6.04 Å². The van der Waals surface area contributed by atoms with E-state index in [0.29, 0.717) is 0 Å². The number of benzene rings is 4. The Kier molecular flexibility index (Phi) is 4.74. The van der Waals surface area contributed by atoms with Crippen molar-refractivity contribution >= 4 is 33.3 Å². The standard InChI is InChI=1S/C31H25N5/c1-20-16-17-24-23(18-20)29(30(32-24)21-10-4-2-5-11-21)27-19-28(36(35-27)22-12-6-3-7-13-22)31-33-25-14-8-9-15-26(25)34-31/h2-18,28,32H,19H2,1H3,(H,33,34). The van der Waals surface area contributed by atoms with Gasteiger partial charge >= 0.3 is 0 Å². The van der Waals surface area contributed by atoms with E-state index in [1.165, 1.54) is 16.5 Å². The molecule has 0 saturated carbocycles. The first kappa shape index (κ1) is 20.7. The number of nitrogens with one attached hydrogen (secondary N) is 2. The summed E-state index contributed by atoms with van der Waals surface area (Å²) in [6.45, 7) is 2.14. The first-order valence-electron chi connectivity index (χ1n) is 12.3. The average molecular weight is 468 g/mol. The molecule has 7 rings (SSSR count). The highest BCUT2D eigenvalue weighted by Gasteiger charge is 2.34. The Balaban J connectivity index is 1.42. The molecule has 0 radical (unpaired) electrons. The highest BCUT2D eigenvalue weighted by molar-refractivity contribution is 6.17. The van der Waals surface area contributed by atoms with Gasteiger partial charge in [-0.15, -0.1) is 0 Å². The van der Waals surface area contributed by atoms with Gasteiger partial charge in [0, 0.05) is 22.9 Å². The molecule has 1 atom stereocenters. The molecule has 0 bridgehead atoms. The number of anilines is 1. The van der Waals surface area contributed by atoms with Gasteiger partial charge in [0.1, 0.15) is 11.9 Å². The summed E-state index contributed by atoms with van der Waals surface area (Å²) in [4.78, 5) is 12.2. The van der Waals surface area contributed by atoms with Crippen molar-refractivity contribution in [2.24, 2.45) is 5.10 Å². The van der Waals surface area contributed by atoms with E-state index in [9.17, 15) is 0 Å². The summed E-state index contributed by atoms with van der Waals surface area (Å²) in [6.07, 6.45) is 0.745. The highest BCUT2D eigenvalue weighted by Crippen LogP contribution is 2.40. The van der Waals surface area contributed by atoms with Crippen molar-refractivity contribution in [1.29, 1.82) is 0 Å². The molecule has 0 spiro atoms. The third-order valence-electron chi connectivity index (χ3n) is 6.96. The van der Waals surface area contributed by atoms with Crippen LogP contribution in [0.4, 0.5) is 5.69 Å². The van der Waals surface area contributed by atoms with Gasteiger partial charge in [-0.2, -0.15) is 5.10 Å². The number of aryl methyl sites for hydroxylation is 1. The molecule has 2 aromatic heterocycles. The lowest BCUT2D eigenvalue weighted by molar-refractivity contribution is 0.671. The molecular weight excluding hydrogens is 442 g/mol. The maximum atomic E-state index is 5.26. The number of aromatic amines is 2. The Morgan fingerprint density at radius 1 is 0.778 bits per heavy atom. The number of imidazole rings is 1. The number of rotatable bonds is 4. The second-order valence-corrected chi connectivity index (χ2v) is 9.38. The Bertz CT molecular complexity index is 1690. The Hall–Kier alpha value is -4.64. The second kappa shape index (κ2) is 8.24. The monoisotopic (exact) mass is 467 g/mol. The predicted octanol–water partition coefficient (Wildman–Crippen LogP) is 7.38. The smallest absolute Gasteiger partial charge is 0.132 e.